The Morgan fingerprint density at radius 3 is 2.39 bits per heavy atom. The predicted molar refractivity (Wildman–Crippen MR) is 119 cm³/mol. The highest BCUT2D eigenvalue weighted by atomic mass is 16.2. The van der Waals surface area contributed by atoms with Gasteiger partial charge in [-0.3, -0.25) is 14.4 Å². The highest BCUT2D eigenvalue weighted by Gasteiger charge is 2.38. The number of hydrogen-bond donors (Lipinski definition) is 1. The summed E-state index contributed by atoms with van der Waals surface area (Å²) < 4.78 is 0. The number of anilines is 2. The van der Waals surface area contributed by atoms with Crippen LogP contribution in [0.4, 0.5) is 11.5 Å². The number of pyridine rings is 1. The molecule has 2 saturated heterocycles. The zero-order chi connectivity index (χ0) is 22.0. The van der Waals surface area contributed by atoms with Gasteiger partial charge in [0.15, 0.2) is 0 Å². The number of amides is 3. The van der Waals surface area contributed by atoms with Crippen molar-refractivity contribution in [1.82, 2.24) is 9.88 Å². The molecule has 0 saturated carbocycles. The van der Waals surface area contributed by atoms with Gasteiger partial charge in [0.25, 0.3) is 0 Å². The molecule has 7 nitrogen and oxygen atoms in total. The number of carbonyl (C=O) groups excluding carboxylic acids is 3. The number of benzene rings is 1. The second-order valence-electron chi connectivity index (χ2n) is 8.55. The number of nitrogens with one attached hydrogen (secondary N) is 1. The first-order valence-corrected chi connectivity index (χ1v) is 10.8. The normalized spacial score (nSPS) is 19.5. The van der Waals surface area contributed by atoms with Crippen LogP contribution < -0.4 is 10.2 Å². The van der Waals surface area contributed by atoms with Crippen molar-refractivity contribution in [2.45, 2.75) is 33.1 Å². The Balaban J connectivity index is 1.30. The SMILES string of the molecule is Cc1ccc(N2C[C@H](C(=O)N3CCC(C(=O)Nc4cc(C)ccn4)CC3)CC2=O)cc1. The molecule has 1 aromatic heterocycles. The summed E-state index contributed by atoms with van der Waals surface area (Å²) in [6.45, 7) is 5.44. The van der Waals surface area contributed by atoms with E-state index in [1.54, 1.807) is 11.1 Å². The molecule has 7 heteroatoms. The van der Waals surface area contributed by atoms with E-state index < -0.39 is 0 Å². The second-order valence-corrected chi connectivity index (χ2v) is 8.55. The van der Waals surface area contributed by atoms with Crippen molar-refractivity contribution in [3.05, 3.63) is 53.7 Å². The average Bonchev–Trinajstić information content (AvgIpc) is 3.15. The monoisotopic (exact) mass is 420 g/mol. The van der Waals surface area contributed by atoms with Gasteiger partial charge in [-0.1, -0.05) is 17.7 Å². The van der Waals surface area contributed by atoms with Crippen molar-refractivity contribution in [1.29, 1.82) is 0 Å². The minimum Gasteiger partial charge on any atom is -0.342 e. The van der Waals surface area contributed by atoms with E-state index >= 15 is 0 Å². The van der Waals surface area contributed by atoms with Crippen molar-refractivity contribution in [2.24, 2.45) is 11.8 Å². The van der Waals surface area contributed by atoms with Gasteiger partial charge in [0.2, 0.25) is 17.7 Å². The first-order valence-electron chi connectivity index (χ1n) is 10.8. The summed E-state index contributed by atoms with van der Waals surface area (Å²) in [4.78, 5) is 45.8. The quantitative estimate of drug-likeness (QED) is 0.825. The van der Waals surface area contributed by atoms with Gasteiger partial charge in [-0.15, -0.1) is 0 Å². The number of piperidine rings is 1. The molecule has 0 radical (unpaired) electrons. The summed E-state index contributed by atoms with van der Waals surface area (Å²) in [6, 6.07) is 11.5. The summed E-state index contributed by atoms with van der Waals surface area (Å²) in [5, 5.41) is 2.88. The predicted octanol–water partition coefficient (Wildman–Crippen LogP) is 2.93. The number of aryl methyl sites for hydroxylation is 2. The van der Waals surface area contributed by atoms with E-state index in [9.17, 15) is 14.4 Å². The zero-order valence-corrected chi connectivity index (χ0v) is 18.0. The van der Waals surface area contributed by atoms with E-state index in [1.165, 1.54) is 0 Å². The molecule has 1 atom stereocenters. The van der Waals surface area contributed by atoms with E-state index in [-0.39, 0.29) is 36.0 Å². The largest absolute Gasteiger partial charge is 0.342 e. The highest BCUT2D eigenvalue weighted by molar-refractivity contribution is 6.00. The third-order valence-electron chi connectivity index (χ3n) is 6.16. The smallest absolute Gasteiger partial charge is 0.228 e. The zero-order valence-electron chi connectivity index (χ0n) is 18.0. The molecule has 0 unspecified atom stereocenters. The molecule has 0 aliphatic carbocycles. The second kappa shape index (κ2) is 8.88. The van der Waals surface area contributed by atoms with Gasteiger partial charge in [0.1, 0.15) is 5.82 Å². The molecule has 162 valence electrons. The lowest BCUT2D eigenvalue weighted by Crippen LogP contribution is -2.44. The van der Waals surface area contributed by atoms with Crippen LogP contribution in [0.15, 0.2) is 42.6 Å². The fourth-order valence-electron chi connectivity index (χ4n) is 4.30. The fraction of sp³-hybridized carbons (Fsp3) is 0.417. The van der Waals surface area contributed by atoms with Crippen LogP contribution in [-0.4, -0.2) is 47.2 Å². The van der Waals surface area contributed by atoms with Gasteiger partial charge in [0.05, 0.1) is 5.92 Å². The summed E-state index contributed by atoms with van der Waals surface area (Å²) in [6.07, 6.45) is 3.15. The van der Waals surface area contributed by atoms with E-state index in [2.05, 4.69) is 10.3 Å². The molecule has 2 aliphatic heterocycles. The number of hydrogen-bond acceptors (Lipinski definition) is 4. The van der Waals surface area contributed by atoms with Crippen molar-refractivity contribution in [3.8, 4) is 0 Å². The summed E-state index contributed by atoms with van der Waals surface area (Å²) in [5.41, 5.74) is 3.01. The van der Waals surface area contributed by atoms with Crippen LogP contribution in [0, 0.1) is 25.7 Å². The summed E-state index contributed by atoms with van der Waals surface area (Å²) in [7, 11) is 0. The molecule has 4 rings (SSSR count). The van der Waals surface area contributed by atoms with Gasteiger partial charge >= 0.3 is 0 Å². The van der Waals surface area contributed by atoms with Crippen LogP contribution in [0.25, 0.3) is 0 Å². The molecule has 3 amide bonds. The molecule has 2 aromatic rings. The molecular formula is C24H28N4O3. The lowest BCUT2D eigenvalue weighted by Gasteiger charge is -2.32. The molecule has 0 spiro atoms. The minimum atomic E-state index is -0.323. The maximum absolute atomic E-state index is 13.0. The Labute approximate surface area is 182 Å². The Hall–Kier alpha value is -3.22. The topological polar surface area (TPSA) is 82.6 Å². The van der Waals surface area contributed by atoms with Crippen LogP contribution >= 0.6 is 0 Å². The van der Waals surface area contributed by atoms with E-state index in [1.807, 2.05) is 55.1 Å². The minimum absolute atomic E-state index is 0.0119. The van der Waals surface area contributed by atoms with Crippen LogP contribution in [0.3, 0.4) is 0 Å². The van der Waals surface area contributed by atoms with Gasteiger partial charge in [-0.2, -0.15) is 0 Å². The van der Waals surface area contributed by atoms with Crippen LogP contribution in [0.5, 0.6) is 0 Å². The first-order chi connectivity index (χ1) is 14.9. The van der Waals surface area contributed by atoms with Crippen molar-refractivity contribution < 1.29 is 14.4 Å². The maximum Gasteiger partial charge on any atom is 0.228 e. The van der Waals surface area contributed by atoms with Crippen molar-refractivity contribution in [3.63, 3.8) is 0 Å². The Morgan fingerprint density at radius 2 is 1.71 bits per heavy atom. The average molecular weight is 421 g/mol. The molecule has 1 N–H and O–H groups in total. The highest BCUT2D eigenvalue weighted by Crippen LogP contribution is 2.28. The first kappa shape index (κ1) is 21.0. The van der Waals surface area contributed by atoms with Crippen LogP contribution in [0.2, 0.25) is 0 Å². The Morgan fingerprint density at radius 1 is 1.00 bits per heavy atom. The van der Waals surface area contributed by atoms with Gasteiger partial charge < -0.3 is 15.1 Å². The molecular weight excluding hydrogens is 392 g/mol. The van der Waals surface area contributed by atoms with Crippen LogP contribution in [0.1, 0.15) is 30.4 Å². The van der Waals surface area contributed by atoms with E-state index in [4.69, 9.17) is 0 Å². The fourth-order valence-corrected chi connectivity index (χ4v) is 4.30. The molecule has 2 aliphatic rings. The number of rotatable bonds is 4. The van der Waals surface area contributed by atoms with Gasteiger partial charge in [-0.25, -0.2) is 4.98 Å². The van der Waals surface area contributed by atoms with Gasteiger partial charge in [0, 0.05) is 43.9 Å². The standard InChI is InChI=1S/C24H28N4O3/c1-16-3-5-20(6-4-16)28-15-19(14-22(28)29)24(31)27-11-8-18(9-12-27)23(30)26-21-13-17(2)7-10-25-21/h3-7,10,13,18-19H,8-9,11-12,14-15H2,1-2H3,(H,25,26,30)/t19-/m1/s1. The summed E-state index contributed by atoms with van der Waals surface area (Å²) in [5.74, 6) is 0.0524. The maximum atomic E-state index is 13.0. The summed E-state index contributed by atoms with van der Waals surface area (Å²) >= 11 is 0. The molecule has 1 aromatic carbocycles. The molecule has 0 bridgehead atoms. The Bertz CT molecular complexity index is 981. The third-order valence-corrected chi connectivity index (χ3v) is 6.16. The molecule has 31 heavy (non-hydrogen) atoms. The van der Waals surface area contributed by atoms with Crippen molar-refractivity contribution in [2.75, 3.05) is 29.9 Å². The molecule has 2 fully saturated rings. The van der Waals surface area contributed by atoms with Gasteiger partial charge in [-0.05, 0) is 56.5 Å². The third kappa shape index (κ3) is 4.76. The van der Waals surface area contributed by atoms with E-state index in [0.29, 0.717) is 38.3 Å². The number of carbonyl (C=O) groups is 3. The molecule has 3 heterocycles. The lowest BCUT2D eigenvalue weighted by molar-refractivity contribution is -0.138. The number of likely N-dealkylation sites (tertiary alicyclic amines) is 1. The van der Waals surface area contributed by atoms with Crippen LogP contribution in [-0.2, 0) is 14.4 Å². The Kier molecular flexibility index (Phi) is 6.02. The number of nitrogens with zero attached hydrogens (tertiary/aromatic N) is 3. The van der Waals surface area contributed by atoms with E-state index in [0.717, 1.165) is 16.8 Å². The van der Waals surface area contributed by atoms with Crippen molar-refractivity contribution >= 4 is 29.2 Å². The number of aromatic nitrogens is 1. The lowest BCUT2D eigenvalue weighted by atomic mass is 9.94.